The standard InChI is InChI=1S/C23H36N4O2/c1-2-20-10-6-7-11-21(20)24-22(28)18-26-14-16-27(17-15-26)23(29)19-25-12-8-4-3-5-9-13-25/h6-7,10-11H,2-5,8-9,12-19H2,1H3,(H,24,28). The van der Waals surface area contributed by atoms with E-state index in [1.54, 1.807) is 0 Å². The van der Waals surface area contributed by atoms with Crippen molar-refractivity contribution in [2.75, 3.05) is 57.7 Å². The fourth-order valence-corrected chi connectivity index (χ4v) is 4.26. The van der Waals surface area contributed by atoms with Gasteiger partial charge in [-0.05, 0) is 44.0 Å². The van der Waals surface area contributed by atoms with Crippen molar-refractivity contribution >= 4 is 17.5 Å². The summed E-state index contributed by atoms with van der Waals surface area (Å²) in [5.74, 6) is 0.262. The Morgan fingerprint density at radius 1 is 0.828 bits per heavy atom. The van der Waals surface area contributed by atoms with Gasteiger partial charge in [0.15, 0.2) is 0 Å². The molecule has 0 unspecified atom stereocenters. The Hall–Kier alpha value is -1.92. The highest BCUT2D eigenvalue weighted by Gasteiger charge is 2.24. The Kier molecular flexibility index (Phi) is 8.50. The highest BCUT2D eigenvalue weighted by atomic mass is 16.2. The van der Waals surface area contributed by atoms with Gasteiger partial charge in [-0.3, -0.25) is 19.4 Å². The van der Waals surface area contributed by atoms with Crippen LogP contribution in [0.1, 0.15) is 44.6 Å². The molecule has 0 saturated carbocycles. The maximum atomic E-state index is 12.7. The molecule has 0 spiro atoms. The van der Waals surface area contributed by atoms with Crippen LogP contribution in [-0.2, 0) is 16.0 Å². The van der Waals surface area contributed by atoms with E-state index in [1.807, 2.05) is 29.2 Å². The quantitative estimate of drug-likeness (QED) is 0.798. The van der Waals surface area contributed by atoms with Crippen LogP contribution in [0.5, 0.6) is 0 Å². The van der Waals surface area contributed by atoms with Crippen molar-refractivity contribution in [2.24, 2.45) is 0 Å². The van der Waals surface area contributed by atoms with Crippen molar-refractivity contribution in [1.29, 1.82) is 0 Å². The van der Waals surface area contributed by atoms with Gasteiger partial charge in [0, 0.05) is 31.9 Å². The smallest absolute Gasteiger partial charge is 0.238 e. The van der Waals surface area contributed by atoms with Crippen molar-refractivity contribution in [2.45, 2.75) is 45.4 Å². The van der Waals surface area contributed by atoms with Gasteiger partial charge < -0.3 is 10.2 Å². The minimum Gasteiger partial charge on any atom is -0.339 e. The number of nitrogens with zero attached hydrogens (tertiary/aromatic N) is 3. The largest absolute Gasteiger partial charge is 0.339 e. The molecule has 0 aliphatic carbocycles. The summed E-state index contributed by atoms with van der Waals surface area (Å²) in [6, 6.07) is 7.95. The number of likely N-dealkylation sites (tertiary alicyclic amines) is 1. The number of amides is 2. The lowest BCUT2D eigenvalue weighted by Gasteiger charge is -2.35. The summed E-state index contributed by atoms with van der Waals surface area (Å²) in [4.78, 5) is 31.6. The monoisotopic (exact) mass is 400 g/mol. The zero-order chi connectivity index (χ0) is 20.5. The number of hydrogen-bond donors (Lipinski definition) is 1. The van der Waals surface area contributed by atoms with Gasteiger partial charge >= 0.3 is 0 Å². The molecular weight excluding hydrogens is 364 g/mol. The van der Waals surface area contributed by atoms with Crippen molar-refractivity contribution in [3.8, 4) is 0 Å². The Balaban J connectivity index is 1.40. The highest BCUT2D eigenvalue weighted by Crippen LogP contribution is 2.15. The number of rotatable bonds is 6. The molecular formula is C23H36N4O2. The van der Waals surface area contributed by atoms with E-state index >= 15 is 0 Å². The molecule has 0 atom stereocenters. The molecule has 1 N–H and O–H groups in total. The van der Waals surface area contributed by atoms with Crippen LogP contribution in [0.15, 0.2) is 24.3 Å². The Labute approximate surface area is 175 Å². The van der Waals surface area contributed by atoms with Crippen LogP contribution in [0.2, 0.25) is 0 Å². The molecule has 1 aromatic rings. The van der Waals surface area contributed by atoms with E-state index in [0.717, 1.165) is 43.9 Å². The number of hydrogen-bond acceptors (Lipinski definition) is 4. The third-order valence-corrected chi connectivity index (χ3v) is 6.07. The molecule has 2 amide bonds. The fraction of sp³-hybridized carbons (Fsp3) is 0.652. The Bertz CT molecular complexity index is 663. The zero-order valence-corrected chi connectivity index (χ0v) is 17.9. The minimum absolute atomic E-state index is 0.0197. The number of aryl methyl sites for hydroxylation is 1. The second kappa shape index (κ2) is 11.3. The average molecular weight is 401 g/mol. The lowest BCUT2D eigenvalue weighted by Crippen LogP contribution is -2.52. The molecule has 160 valence electrons. The summed E-state index contributed by atoms with van der Waals surface area (Å²) < 4.78 is 0. The van der Waals surface area contributed by atoms with Gasteiger partial charge in [-0.1, -0.05) is 44.4 Å². The topological polar surface area (TPSA) is 55.9 Å². The van der Waals surface area contributed by atoms with E-state index in [4.69, 9.17) is 0 Å². The maximum absolute atomic E-state index is 12.7. The number of para-hydroxylation sites is 1. The van der Waals surface area contributed by atoms with Crippen molar-refractivity contribution in [1.82, 2.24) is 14.7 Å². The summed E-state index contributed by atoms with van der Waals surface area (Å²) in [5.41, 5.74) is 2.06. The number of anilines is 1. The zero-order valence-electron chi connectivity index (χ0n) is 17.9. The summed E-state index contributed by atoms with van der Waals surface area (Å²) in [6.07, 6.45) is 7.21. The normalized spacial score (nSPS) is 19.4. The first-order chi connectivity index (χ1) is 14.2. The number of nitrogens with one attached hydrogen (secondary N) is 1. The third-order valence-electron chi connectivity index (χ3n) is 6.07. The lowest BCUT2D eigenvalue weighted by atomic mass is 10.1. The SMILES string of the molecule is CCc1ccccc1NC(=O)CN1CCN(C(=O)CN2CCCCCCC2)CC1. The van der Waals surface area contributed by atoms with Gasteiger partial charge in [-0.2, -0.15) is 0 Å². The number of carbonyl (C=O) groups excluding carboxylic acids is 2. The van der Waals surface area contributed by atoms with Crippen LogP contribution < -0.4 is 5.32 Å². The highest BCUT2D eigenvalue weighted by molar-refractivity contribution is 5.93. The summed E-state index contributed by atoms with van der Waals surface area (Å²) in [7, 11) is 0. The first kappa shape index (κ1) is 21.8. The predicted octanol–water partition coefficient (Wildman–Crippen LogP) is 2.60. The molecule has 3 rings (SSSR count). The van der Waals surface area contributed by atoms with Crippen LogP contribution in [0.4, 0.5) is 5.69 Å². The second-order valence-corrected chi connectivity index (χ2v) is 8.26. The van der Waals surface area contributed by atoms with E-state index in [9.17, 15) is 9.59 Å². The number of piperazine rings is 1. The van der Waals surface area contributed by atoms with Gasteiger partial charge in [0.1, 0.15) is 0 Å². The first-order valence-electron chi connectivity index (χ1n) is 11.3. The van der Waals surface area contributed by atoms with Crippen molar-refractivity contribution in [3.63, 3.8) is 0 Å². The molecule has 0 aromatic heterocycles. The van der Waals surface area contributed by atoms with Gasteiger partial charge in [-0.25, -0.2) is 0 Å². The van der Waals surface area contributed by atoms with E-state index < -0.39 is 0 Å². The van der Waals surface area contributed by atoms with Crippen LogP contribution in [-0.4, -0.2) is 78.9 Å². The molecule has 6 heteroatoms. The summed E-state index contributed by atoms with van der Waals surface area (Å²) in [5, 5.41) is 3.04. The van der Waals surface area contributed by atoms with E-state index in [0.29, 0.717) is 26.2 Å². The molecule has 2 saturated heterocycles. The van der Waals surface area contributed by atoms with E-state index in [1.165, 1.54) is 32.1 Å². The molecule has 6 nitrogen and oxygen atoms in total. The molecule has 29 heavy (non-hydrogen) atoms. The van der Waals surface area contributed by atoms with Gasteiger partial charge in [0.05, 0.1) is 13.1 Å². The summed E-state index contributed by atoms with van der Waals surface area (Å²) >= 11 is 0. The van der Waals surface area contributed by atoms with Crippen LogP contribution in [0.25, 0.3) is 0 Å². The van der Waals surface area contributed by atoms with Gasteiger partial charge in [0.2, 0.25) is 11.8 Å². The van der Waals surface area contributed by atoms with Crippen molar-refractivity contribution in [3.05, 3.63) is 29.8 Å². The minimum atomic E-state index is 0.0197. The molecule has 2 fully saturated rings. The van der Waals surface area contributed by atoms with E-state index in [2.05, 4.69) is 22.0 Å². The van der Waals surface area contributed by atoms with E-state index in [-0.39, 0.29) is 11.8 Å². The molecule has 2 heterocycles. The maximum Gasteiger partial charge on any atom is 0.238 e. The first-order valence-corrected chi connectivity index (χ1v) is 11.3. The molecule has 2 aliphatic heterocycles. The predicted molar refractivity (Wildman–Crippen MR) is 117 cm³/mol. The molecule has 2 aliphatic rings. The summed E-state index contributed by atoms with van der Waals surface area (Å²) in [6.45, 7) is 8.06. The van der Waals surface area contributed by atoms with Crippen LogP contribution in [0, 0.1) is 0 Å². The fourth-order valence-electron chi connectivity index (χ4n) is 4.26. The third kappa shape index (κ3) is 6.82. The van der Waals surface area contributed by atoms with Gasteiger partial charge in [0.25, 0.3) is 0 Å². The second-order valence-electron chi connectivity index (χ2n) is 8.26. The average Bonchev–Trinajstić information content (AvgIpc) is 2.70. The Morgan fingerprint density at radius 2 is 1.45 bits per heavy atom. The number of benzene rings is 1. The van der Waals surface area contributed by atoms with Crippen LogP contribution >= 0.6 is 0 Å². The Morgan fingerprint density at radius 3 is 2.14 bits per heavy atom. The molecule has 0 radical (unpaired) electrons. The number of carbonyl (C=O) groups is 2. The van der Waals surface area contributed by atoms with Gasteiger partial charge in [-0.15, -0.1) is 0 Å². The van der Waals surface area contributed by atoms with Crippen molar-refractivity contribution < 1.29 is 9.59 Å². The molecule has 1 aromatic carbocycles. The van der Waals surface area contributed by atoms with Crippen LogP contribution in [0.3, 0.4) is 0 Å². The lowest BCUT2D eigenvalue weighted by molar-refractivity contribution is -0.134. The molecule has 0 bridgehead atoms.